The Kier molecular flexibility index (Phi) is 9.43. The first kappa shape index (κ1) is 18.4. The standard InChI is InChI=1S/C16H28N2O2/c1-6-18(7-2)10-8-9-14(5)12-17-15(16(19)20)11-13(3)4/h8-10,12-13,15H,6-7,11H2,1-5H3,(H,19,20)/b10-8+,14-9+,17-12?/t15-/m0/s1. The summed E-state index contributed by atoms with van der Waals surface area (Å²) in [4.78, 5) is 17.4. The van der Waals surface area contributed by atoms with Crippen molar-refractivity contribution in [2.24, 2.45) is 10.9 Å². The summed E-state index contributed by atoms with van der Waals surface area (Å²) in [5.74, 6) is -0.540. The van der Waals surface area contributed by atoms with Crippen LogP contribution in [0.25, 0.3) is 0 Å². The van der Waals surface area contributed by atoms with Crippen molar-refractivity contribution >= 4 is 12.2 Å². The first-order chi connectivity index (χ1) is 9.40. The minimum atomic E-state index is -0.860. The Hall–Kier alpha value is -1.58. The van der Waals surface area contributed by atoms with E-state index in [-0.39, 0.29) is 0 Å². The van der Waals surface area contributed by atoms with Gasteiger partial charge in [-0.2, -0.15) is 0 Å². The van der Waals surface area contributed by atoms with Crippen molar-refractivity contribution in [2.75, 3.05) is 13.1 Å². The van der Waals surface area contributed by atoms with E-state index < -0.39 is 12.0 Å². The number of rotatable bonds is 9. The van der Waals surface area contributed by atoms with Crippen LogP contribution in [0.2, 0.25) is 0 Å². The topological polar surface area (TPSA) is 52.9 Å². The average molecular weight is 280 g/mol. The number of hydrogen-bond donors (Lipinski definition) is 1. The number of nitrogens with zero attached hydrogens (tertiary/aromatic N) is 2. The van der Waals surface area contributed by atoms with Crippen molar-refractivity contribution in [1.29, 1.82) is 0 Å². The minimum absolute atomic E-state index is 0.320. The van der Waals surface area contributed by atoms with Gasteiger partial charge in [-0.25, -0.2) is 4.79 Å². The lowest BCUT2D eigenvalue weighted by atomic mass is 10.0. The van der Waals surface area contributed by atoms with E-state index in [9.17, 15) is 4.79 Å². The molecule has 114 valence electrons. The van der Waals surface area contributed by atoms with E-state index in [0.29, 0.717) is 12.3 Å². The fourth-order valence-electron chi connectivity index (χ4n) is 1.67. The molecule has 0 aromatic heterocycles. The second kappa shape index (κ2) is 10.2. The number of carboxylic acids is 1. The van der Waals surface area contributed by atoms with Crippen molar-refractivity contribution < 1.29 is 9.90 Å². The molecule has 0 saturated heterocycles. The first-order valence-corrected chi connectivity index (χ1v) is 7.25. The van der Waals surface area contributed by atoms with Crippen LogP contribution >= 0.6 is 0 Å². The molecule has 0 fully saturated rings. The van der Waals surface area contributed by atoms with Gasteiger partial charge in [0.2, 0.25) is 0 Å². The van der Waals surface area contributed by atoms with Crippen LogP contribution < -0.4 is 0 Å². The van der Waals surface area contributed by atoms with Crippen LogP contribution in [0.3, 0.4) is 0 Å². The summed E-state index contributed by atoms with van der Waals surface area (Å²) in [6, 6.07) is -0.648. The molecule has 0 unspecified atom stereocenters. The maximum Gasteiger partial charge on any atom is 0.328 e. The molecule has 4 nitrogen and oxygen atoms in total. The summed E-state index contributed by atoms with van der Waals surface area (Å²) in [7, 11) is 0. The highest BCUT2D eigenvalue weighted by Crippen LogP contribution is 2.08. The average Bonchev–Trinajstić information content (AvgIpc) is 2.38. The van der Waals surface area contributed by atoms with Crippen molar-refractivity contribution in [3.63, 3.8) is 0 Å². The molecule has 0 saturated carbocycles. The molecule has 0 aromatic carbocycles. The number of hydrogen-bond acceptors (Lipinski definition) is 3. The van der Waals surface area contributed by atoms with Crippen LogP contribution in [-0.2, 0) is 4.79 Å². The van der Waals surface area contributed by atoms with Crippen LogP contribution in [0.5, 0.6) is 0 Å². The lowest BCUT2D eigenvalue weighted by Crippen LogP contribution is -2.20. The van der Waals surface area contributed by atoms with Gasteiger partial charge in [-0.1, -0.05) is 19.9 Å². The molecule has 1 N–H and O–H groups in total. The Bertz CT molecular complexity index is 367. The zero-order chi connectivity index (χ0) is 15.5. The Morgan fingerprint density at radius 2 is 1.90 bits per heavy atom. The molecule has 1 atom stereocenters. The molecule has 0 aliphatic rings. The third kappa shape index (κ3) is 8.51. The van der Waals surface area contributed by atoms with Crippen LogP contribution in [0.4, 0.5) is 0 Å². The summed E-state index contributed by atoms with van der Waals surface area (Å²) in [6.45, 7) is 12.1. The monoisotopic (exact) mass is 280 g/mol. The second-order valence-electron chi connectivity index (χ2n) is 5.24. The predicted octanol–water partition coefficient (Wildman–Crippen LogP) is 3.36. The third-order valence-corrected chi connectivity index (χ3v) is 2.91. The molecule has 0 aliphatic heterocycles. The largest absolute Gasteiger partial charge is 0.480 e. The van der Waals surface area contributed by atoms with Crippen molar-refractivity contribution in [3.05, 3.63) is 23.9 Å². The smallest absolute Gasteiger partial charge is 0.328 e. The molecule has 0 spiro atoms. The highest BCUT2D eigenvalue weighted by molar-refractivity contribution is 5.82. The van der Waals surface area contributed by atoms with Crippen molar-refractivity contribution in [2.45, 2.75) is 47.1 Å². The predicted molar refractivity (Wildman–Crippen MR) is 85.2 cm³/mol. The van der Waals surface area contributed by atoms with Gasteiger partial charge in [0.15, 0.2) is 0 Å². The van der Waals surface area contributed by atoms with Crippen LogP contribution in [-0.4, -0.2) is 41.3 Å². The van der Waals surface area contributed by atoms with Crippen LogP contribution in [0.15, 0.2) is 28.9 Å². The molecule has 0 rings (SSSR count). The van der Waals surface area contributed by atoms with Gasteiger partial charge in [0.1, 0.15) is 6.04 Å². The number of aliphatic imine (C=N–C) groups is 1. The molecule has 0 bridgehead atoms. The van der Waals surface area contributed by atoms with E-state index in [0.717, 1.165) is 18.7 Å². The second-order valence-corrected chi connectivity index (χ2v) is 5.24. The van der Waals surface area contributed by atoms with Gasteiger partial charge in [0, 0.05) is 19.3 Å². The number of carbonyl (C=O) groups is 1. The molecule has 0 aromatic rings. The molecule has 0 heterocycles. The zero-order valence-corrected chi connectivity index (χ0v) is 13.3. The van der Waals surface area contributed by atoms with Gasteiger partial charge >= 0.3 is 5.97 Å². The van der Waals surface area contributed by atoms with E-state index in [1.165, 1.54) is 0 Å². The molecular formula is C16H28N2O2. The Balaban J connectivity index is 4.58. The summed E-state index contributed by atoms with van der Waals surface area (Å²) in [5.41, 5.74) is 0.948. The quantitative estimate of drug-likeness (QED) is 0.520. The molecular weight excluding hydrogens is 252 g/mol. The molecule has 20 heavy (non-hydrogen) atoms. The number of aliphatic carboxylic acids is 1. The Morgan fingerprint density at radius 1 is 1.30 bits per heavy atom. The highest BCUT2D eigenvalue weighted by Gasteiger charge is 2.16. The zero-order valence-electron chi connectivity index (χ0n) is 13.3. The lowest BCUT2D eigenvalue weighted by molar-refractivity contribution is -0.138. The van der Waals surface area contributed by atoms with Gasteiger partial charge < -0.3 is 10.0 Å². The minimum Gasteiger partial charge on any atom is -0.480 e. The summed E-state index contributed by atoms with van der Waals surface area (Å²) < 4.78 is 0. The fourth-order valence-corrected chi connectivity index (χ4v) is 1.67. The maximum atomic E-state index is 11.1. The molecule has 4 heteroatoms. The van der Waals surface area contributed by atoms with E-state index >= 15 is 0 Å². The van der Waals surface area contributed by atoms with Gasteiger partial charge in [-0.15, -0.1) is 0 Å². The van der Waals surface area contributed by atoms with Gasteiger partial charge in [0.25, 0.3) is 0 Å². The van der Waals surface area contributed by atoms with Crippen molar-refractivity contribution in [3.8, 4) is 0 Å². The molecule has 0 aliphatic carbocycles. The normalized spacial score (nSPS) is 14.4. The Morgan fingerprint density at radius 3 is 2.35 bits per heavy atom. The summed E-state index contributed by atoms with van der Waals surface area (Å²) >= 11 is 0. The number of carboxylic acid groups (broad SMARTS) is 1. The van der Waals surface area contributed by atoms with E-state index in [1.807, 2.05) is 39.1 Å². The van der Waals surface area contributed by atoms with E-state index in [4.69, 9.17) is 5.11 Å². The molecule has 0 amide bonds. The summed E-state index contributed by atoms with van der Waals surface area (Å²) in [5, 5.41) is 9.09. The van der Waals surface area contributed by atoms with Gasteiger partial charge in [-0.3, -0.25) is 4.99 Å². The maximum absolute atomic E-state index is 11.1. The van der Waals surface area contributed by atoms with E-state index in [2.05, 4.69) is 23.7 Å². The number of allylic oxidation sites excluding steroid dienone is 3. The van der Waals surface area contributed by atoms with Crippen LogP contribution in [0.1, 0.15) is 41.0 Å². The SMILES string of the molecule is CCN(/C=C/C=C(\C)C=N[C@@H](CC(C)C)C(=O)O)CC. The van der Waals surface area contributed by atoms with E-state index in [1.54, 1.807) is 6.21 Å². The van der Waals surface area contributed by atoms with Gasteiger partial charge in [0.05, 0.1) is 0 Å². The summed E-state index contributed by atoms with van der Waals surface area (Å²) in [6.07, 6.45) is 8.14. The fraction of sp³-hybridized carbons (Fsp3) is 0.625. The third-order valence-electron chi connectivity index (χ3n) is 2.91. The van der Waals surface area contributed by atoms with Gasteiger partial charge in [-0.05, 0) is 51.0 Å². The van der Waals surface area contributed by atoms with Crippen LogP contribution in [0, 0.1) is 5.92 Å². The van der Waals surface area contributed by atoms with Crippen molar-refractivity contribution in [1.82, 2.24) is 4.90 Å². The first-order valence-electron chi connectivity index (χ1n) is 7.25. The molecule has 0 radical (unpaired) electrons. The Labute approximate surface area is 122 Å². The lowest BCUT2D eigenvalue weighted by Gasteiger charge is -2.13. The highest BCUT2D eigenvalue weighted by atomic mass is 16.4.